The van der Waals surface area contributed by atoms with Gasteiger partial charge in [-0.2, -0.15) is 0 Å². The minimum atomic E-state index is -0.805. The second-order valence-electron chi connectivity index (χ2n) is 6.28. The maximum absolute atomic E-state index is 13.1. The largest absolute Gasteiger partial charge is 0.513 e. The van der Waals surface area contributed by atoms with Gasteiger partial charge in [0.1, 0.15) is 17.1 Å². The highest BCUT2D eigenvalue weighted by Crippen LogP contribution is 2.31. The van der Waals surface area contributed by atoms with Gasteiger partial charge in [-0.3, -0.25) is 4.79 Å². The second kappa shape index (κ2) is 7.84. The molecule has 0 fully saturated rings. The van der Waals surface area contributed by atoms with Crippen molar-refractivity contribution in [1.29, 1.82) is 0 Å². The van der Waals surface area contributed by atoms with Gasteiger partial charge < -0.3 is 13.9 Å². The van der Waals surface area contributed by atoms with Gasteiger partial charge in [-0.25, -0.2) is 4.79 Å². The molecule has 0 unspecified atom stereocenters. The van der Waals surface area contributed by atoms with E-state index >= 15 is 0 Å². The fraction of sp³-hybridized carbons (Fsp3) is 0.238. The quantitative estimate of drug-likeness (QED) is 0.420. The zero-order valence-electron chi connectivity index (χ0n) is 15.2. The molecule has 5 nitrogen and oxygen atoms in total. The molecular formula is C21H19ClO5. The van der Waals surface area contributed by atoms with Crippen molar-refractivity contribution < 1.29 is 18.7 Å². The van der Waals surface area contributed by atoms with Crippen LogP contribution >= 0.6 is 11.6 Å². The van der Waals surface area contributed by atoms with Crippen LogP contribution in [0.2, 0.25) is 5.02 Å². The van der Waals surface area contributed by atoms with Gasteiger partial charge in [-0.05, 0) is 36.8 Å². The molecule has 0 aliphatic carbocycles. The van der Waals surface area contributed by atoms with Crippen LogP contribution in [0.25, 0.3) is 22.1 Å². The number of fused-ring (bicyclic) bond motifs is 1. The van der Waals surface area contributed by atoms with Crippen LogP contribution < -0.4 is 10.2 Å². The van der Waals surface area contributed by atoms with E-state index in [2.05, 4.69) is 0 Å². The van der Waals surface area contributed by atoms with Crippen LogP contribution in [0.4, 0.5) is 4.79 Å². The lowest BCUT2D eigenvalue weighted by molar-refractivity contribution is 0.104. The van der Waals surface area contributed by atoms with Crippen molar-refractivity contribution in [3.8, 4) is 16.9 Å². The van der Waals surface area contributed by atoms with E-state index in [9.17, 15) is 9.59 Å². The number of rotatable bonds is 4. The molecule has 3 rings (SSSR count). The maximum atomic E-state index is 13.1. The lowest BCUT2D eigenvalue weighted by Gasteiger charge is -2.13. The average Bonchev–Trinajstić information content (AvgIpc) is 2.62. The van der Waals surface area contributed by atoms with Crippen LogP contribution in [-0.2, 0) is 4.74 Å². The summed E-state index contributed by atoms with van der Waals surface area (Å²) in [7, 11) is 0. The fourth-order valence-electron chi connectivity index (χ4n) is 2.79. The number of hydrogen-bond acceptors (Lipinski definition) is 5. The van der Waals surface area contributed by atoms with E-state index in [0.29, 0.717) is 27.3 Å². The van der Waals surface area contributed by atoms with Gasteiger partial charge >= 0.3 is 6.16 Å². The summed E-state index contributed by atoms with van der Waals surface area (Å²) < 4.78 is 15.9. The third kappa shape index (κ3) is 3.98. The molecule has 27 heavy (non-hydrogen) atoms. The first-order valence-corrected chi connectivity index (χ1v) is 8.99. The molecule has 0 bridgehead atoms. The second-order valence-corrected chi connectivity index (χ2v) is 6.71. The molecule has 0 amide bonds. The van der Waals surface area contributed by atoms with Crippen LogP contribution in [0, 0.1) is 0 Å². The SMILES string of the molecule is CCOC(=O)Oc1ccc2c(=O)c(-c3ccc(Cl)cc3)c(C(C)C)oc2c1. The summed E-state index contributed by atoms with van der Waals surface area (Å²) in [5.74, 6) is 0.781. The molecule has 1 heterocycles. The summed E-state index contributed by atoms with van der Waals surface area (Å²) in [5.41, 5.74) is 1.45. The van der Waals surface area contributed by atoms with E-state index < -0.39 is 6.16 Å². The molecule has 6 heteroatoms. The molecule has 0 saturated heterocycles. The van der Waals surface area contributed by atoms with E-state index in [1.807, 2.05) is 13.8 Å². The summed E-state index contributed by atoms with van der Waals surface area (Å²) in [6.07, 6.45) is -0.805. The lowest BCUT2D eigenvalue weighted by Crippen LogP contribution is -2.12. The van der Waals surface area contributed by atoms with E-state index in [0.717, 1.165) is 5.56 Å². The molecule has 1 aromatic heterocycles. The highest BCUT2D eigenvalue weighted by molar-refractivity contribution is 6.30. The van der Waals surface area contributed by atoms with Gasteiger partial charge in [0.2, 0.25) is 5.43 Å². The van der Waals surface area contributed by atoms with Crippen LogP contribution in [0.1, 0.15) is 32.4 Å². The lowest BCUT2D eigenvalue weighted by atomic mass is 9.97. The van der Waals surface area contributed by atoms with Crippen LogP contribution in [0.5, 0.6) is 5.75 Å². The number of ether oxygens (including phenoxy) is 2. The molecule has 140 valence electrons. The smallest absolute Gasteiger partial charge is 0.460 e. The standard InChI is InChI=1S/C21H19ClO5/c1-4-25-21(24)26-15-9-10-16-17(11-15)27-20(12(2)3)18(19(16)23)13-5-7-14(22)8-6-13/h5-12H,4H2,1-3H3. The fourth-order valence-corrected chi connectivity index (χ4v) is 2.92. The third-order valence-corrected chi connectivity index (χ3v) is 4.26. The Morgan fingerprint density at radius 1 is 1.15 bits per heavy atom. The summed E-state index contributed by atoms with van der Waals surface area (Å²) >= 11 is 5.96. The Balaban J connectivity index is 2.16. The third-order valence-electron chi connectivity index (χ3n) is 4.01. The van der Waals surface area contributed by atoms with Crippen molar-refractivity contribution in [2.24, 2.45) is 0 Å². The average molecular weight is 387 g/mol. The maximum Gasteiger partial charge on any atom is 0.513 e. The zero-order chi connectivity index (χ0) is 19.6. The van der Waals surface area contributed by atoms with Crippen molar-refractivity contribution >= 4 is 28.7 Å². The molecule has 0 saturated carbocycles. The predicted octanol–water partition coefficient (Wildman–Crippen LogP) is 5.77. The summed E-state index contributed by atoms with van der Waals surface area (Å²) in [5, 5.41) is 0.997. The van der Waals surface area contributed by atoms with Crippen LogP contribution in [0.15, 0.2) is 51.7 Å². The first-order valence-electron chi connectivity index (χ1n) is 8.62. The highest BCUT2D eigenvalue weighted by atomic mass is 35.5. The number of benzene rings is 2. The van der Waals surface area contributed by atoms with Gasteiger partial charge in [0.15, 0.2) is 0 Å². The zero-order valence-corrected chi connectivity index (χ0v) is 16.0. The van der Waals surface area contributed by atoms with Crippen LogP contribution in [0.3, 0.4) is 0 Å². The Bertz CT molecular complexity index is 1030. The van der Waals surface area contributed by atoms with Crippen molar-refractivity contribution in [3.63, 3.8) is 0 Å². The van der Waals surface area contributed by atoms with Crippen molar-refractivity contribution in [3.05, 3.63) is 63.5 Å². The van der Waals surface area contributed by atoms with Crippen LogP contribution in [-0.4, -0.2) is 12.8 Å². The molecule has 0 radical (unpaired) electrons. The predicted molar refractivity (Wildman–Crippen MR) is 105 cm³/mol. The number of carbonyl (C=O) groups excluding carboxylic acids is 1. The Hall–Kier alpha value is -2.79. The molecule has 0 atom stereocenters. The van der Waals surface area contributed by atoms with Crippen molar-refractivity contribution in [2.75, 3.05) is 6.61 Å². The first-order chi connectivity index (χ1) is 12.9. The molecule has 0 N–H and O–H groups in total. The van der Waals surface area contributed by atoms with Gasteiger partial charge in [0.25, 0.3) is 0 Å². The highest BCUT2D eigenvalue weighted by Gasteiger charge is 2.19. The normalized spacial score (nSPS) is 11.0. The molecule has 0 aliphatic rings. The van der Waals surface area contributed by atoms with Gasteiger partial charge in [-0.1, -0.05) is 37.6 Å². The Kier molecular flexibility index (Phi) is 5.51. The first kappa shape index (κ1) is 19.0. The Morgan fingerprint density at radius 3 is 2.48 bits per heavy atom. The summed E-state index contributed by atoms with van der Waals surface area (Å²) in [6, 6.07) is 11.7. The molecule has 0 spiro atoms. The molecule has 0 aliphatic heterocycles. The van der Waals surface area contributed by atoms with E-state index in [-0.39, 0.29) is 23.7 Å². The monoisotopic (exact) mass is 386 g/mol. The van der Waals surface area contributed by atoms with E-state index in [1.165, 1.54) is 12.1 Å². The summed E-state index contributed by atoms with van der Waals surface area (Å²) in [4.78, 5) is 24.7. The number of halogens is 1. The minimum Gasteiger partial charge on any atom is -0.460 e. The van der Waals surface area contributed by atoms with Gasteiger partial charge in [0.05, 0.1) is 17.6 Å². The topological polar surface area (TPSA) is 65.7 Å². The van der Waals surface area contributed by atoms with Gasteiger partial charge in [0, 0.05) is 17.0 Å². The molecular weight excluding hydrogens is 368 g/mol. The summed E-state index contributed by atoms with van der Waals surface area (Å²) in [6.45, 7) is 5.79. The Morgan fingerprint density at radius 2 is 1.85 bits per heavy atom. The number of hydrogen-bond donors (Lipinski definition) is 0. The van der Waals surface area contributed by atoms with Crippen molar-refractivity contribution in [2.45, 2.75) is 26.7 Å². The van der Waals surface area contributed by atoms with E-state index in [1.54, 1.807) is 37.3 Å². The molecule has 3 aromatic rings. The van der Waals surface area contributed by atoms with Crippen molar-refractivity contribution in [1.82, 2.24) is 0 Å². The molecule has 2 aromatic carbocycles. The van der Waals surface area contributed by atoms with Gasteiger partial charge in [-0.15, -0.1) is 0 Å². The van der Waals surface area contributed by atoms with E-state index in [4.69, 9.17) is 25.5 Å². The number of carbonyl (C=O) groups is 1. The minimum absolute atomic E-state index is 0.0255. The Labute approximate surface area is 161 Å².